The second kappa shape index (κ2) is 5.73. The summed E-state index contributed by atoms with van der Waals surface area (Å²) in [5, 5.41) is 5.86. The van der Waals surface area contributed by atoms with Gasteiger partial charge in [0.1, 0.15) is 0 Å². The number of hydrazone groups is 1. The van der Waals surface area contributed by atoms with Crippen molar-refractivity contribution in [2.75, 3.05) is 5.75 Å². The molecule has 20 heavy (non-hydrogen) atoms. The fraction of sp³-hybridized carbons (Fsp3) is 0.143. The zero-order chi connectivity index (χ0) is 13.9. The molecule has 0 saturated heterocycles. The SMILES string of the molecule is Cn1cccc1C1=NNC(=Nc2cccc(Cl)c2)SC1. The van der Waals surface area contributed by atoms with Crippen LogP contribution in [-0.4, -0.2) is 21.2 Å². The van der Waals surface area contributed by atoms with Gasteiger partial charge < -0.3 is 4.57 Å². The third kappa shape index (κ3) is 2.89. The molecule has 0 atom stereocenters. The van der Waals surface area contributed by atoms with Crippen LogP contribution in [-0.2, 0) is 7.05 Å². The maximum atomic E-state index is 5.94. The summed E-state index contributed by atoms with van der Waals surface area (Å²) in [6.45, 7) is 0. The van der Waals surface area contributed by atoms with Gasteiger partial charge in [0.15, 0.2) is 5.17 Å². The Morgan fingerprint density at radius 3 is 2.90 bits per heavy atom. The van der Waals surface area contributed by atoms with Gasteiger partial charge in [-0.05, 0) is 30.3 Å². The summed E-state index contributed by atoms with van der Waals surface area (Å²) in [6, 6.07) is 11.5. The summed E-state index contributed by atoms with van der Waals surface area (Å²) in [7, 11) is 2.01. The number of nitrogens with one attached hydrogen (secondary N) is 1. The highest BCUT2D eigenvalue weighted by molar-refractivity contribution is 8.14. The molecule has 0 unspecified atom stereocenters. The van der Waals surface area contributed by atoms with Gasteiger partial charge in [-0.1, -0.05) is 29.4 Å². The number of thioether (sulfide) groups is 1. The number of rotatable bonds is 2. The van der Waals surface area contributed by atoms with Crippen LogP contribution in [0.4, 0.5) is 5.69 Å². The first kappa shape index (κ1) is 13.3. The molecule has 0 spiro atoms. The van der Waals surface area contributed by atoms with Gasteiger partial charge in [0.25, 0.3) is 0 Å². The van der Waals surface area contributed by atoms with Crippen LogP contribution < -0.4 is 5.43 Å². The lowest BCUT2D eigenvalue weighted by molar-refractivity contribution is 0.906. The van der Waals surface area contributed by atoms with Crippen molar-refractivity contribution in [3.8, 4) is 0 Å². The average Bonchev–Trinajstić information content (AvgIpc) is 2.86. The highest BCUT2D eigenvalue weighted by Gasteiger charge is 2.14. The van der Waals surface area contributed by atoms with Crippen molar-refractivity contribution in [3.63, 3.8) is 0 Å². The van der Waals surface area contributed by atoms with Crippen molar-refractivity contribution in [2.24, 2.45) is 17.1 Å². The summed E-state index contributed by atoms with van der Waals surface area (Å²) in [6.07, 6.45) is 2.01. The highest BCUT2D eigenvalue weighted by atomic mass is 35.5. The normalized spacial score (nSPS) is 16.9. The third-order valence-corrected chi connectivity index (χ3v) is 4.02. The van der Waals surface area contributed by atoms with Crippen molar-refractivity contribution in [1.82, 2.24) is 9.99 Å². The highest BCUT2D eigenvalue weighted by Crippen LogP contribution is 2.21. The number of aliphatic imine (C=N–C) groups is 1. The average molecular weight is 305 g/mol. The fourth-order valence-electron chi connectivity index (χ4n) is 1.93. The van der Waals surface area contributed by atoms with E-state index in [1.807, 2.05) is 43.6 Å². The standard InChI is InChI=1S/C14H13ClN4S/c1-19-7-3-6-13(19)12-9-20-14(18-17-12)16-11-5-2-4-10(15)8-11/h2-8H,9H2,1H3,(H,16,18). The summed E-state index contributed by atoms with van der Waals surface area (Å²) < 4.78 is 2.06. The molecule has 2 heterocycles. The van der Waals surface area contributed by atoms with Gasteiger partial charge >= 0.3 is 0 Å². The molecule has 4 nitrogen and oxygen atoms in total. The zero-order valence-electron chi connectivity index (χ0n) is 10.9. The minimum Gasteiger partial charge on any atom is -0.350 e. The van der Waals surface area contributed by atoms with Crippen molar-refractivity contribution in [3.05, 3.63) is 53.3 Å². The van der Waals surface area contributed by atoms with Gasteiger partial charge in [0.05, 0.1) is 17.1 Å². The number of nitrogens with zero attached hydrogens (tertiary/aromatic N) is 3. The molecular formula is C14H13ClN4S. The largest absolute Gasteiger partial charge is 0.350 e. The quantitative estimate of drug-likeness (QED) is 0.924. The van der Waals surface area contributed by atoms with Crippen LogP contribution in [0.15, 0.2) is 52.7 Å². The van der Waals surface area contributed by atoms with E-state index in [2.05, 4.69) is 26.2 Å². The van der Waals surface area contributed by atoms with Crippen LogP contribution in [0.5, 0.6) is 0 Å². The van der Waals surface area contributed by atoms with Crippen LogP contribution in [0, 0.1) is 0 Å². The topological polar surface area (TPSA) is 41.7 Å². The van der Waals surface area contributed by atoms with Crippen molar-refractivity contribution >= 4 is 39.9 Å². The zero-order valence-corrected chi connectivity index (χ0v) is 12.4. The number of amidine groups is 1. The van der Waals surface area contributed by atoms with Crippen LogP contribution in [0.25, 0.3) is 0 Å². The Labute approximate surface area is 126 Å². The molecule has 6 heteroatoms. The number of hydrogen-bond donors (Lipinski definition) is 1. The smallest absolute Gasteiger partial charge is 0.182 e. The lowest BCUT2D eigenvalue weighted by Crippen LogP contribution is -2.26. The van der Waals surface area contributed by atoms with E-state index in [0.29, 0.717) is 5.02 Å². The van der Waals surface area contributed by atoms with E-state index in [0.717, 1.165) is 28.0 Å². The predicted molar refractivity (Wildman–Crippen MR) is 86.1 cm³/mol. The van der Waals surface area contributed by atoms with Gasteiger partial charge in [-0.15, -0.1) is 0 Å². The summed E-state index contributed by atoms with van der Waals surface area (Å²) in [4.78, 5) is 4.49. The molecule has 1 aliphatic heterocycles. The Morgan fingerprint density at radius 1 is 1.35 bits per heavy atom. The Kier molecular flexibility index (Phi) is 3.80. The maximum Gasteiger partial charge on any atom is 0.182 e. The van der Waals surface area contributed by atoms with E-state index in [1.54, 1.807) is 11.8 Å². The van der Waals surface area contributed by atoms with Gasteiger partial charge in [-0.3, -0.25) is 5.43 Å². The molecule has 0 saturated carbocycles. The molecule has 0 bridgehead atoms. The minimum atomic E-state index is 0.681. The molecule has 102 valence electrons. The van der Waals surface area contributed by atoms with E-state index in [1.165, 1.54) is 0 Å². The third-order valence-electron chi connectivity index (χ3n) is 2.91. The molecule has 0 amide bonds. The number of aromatic nitrogens is 1. The van der Waals surface area contributed by atoms with E-state index in [-0.39, 0.29) is 0 Å². The van der Waals surface area contributed by atoms with Crippen LogP contribution in [0.2, 0.25) is 5.02 Å². The van der Waals surface area contributed by atoms with Crippen molar-refractivity contribution in [1.29, 1.82) is 0 Å². The summed E-state index contributed by atoms with van der Waals surface area (Å²) in [5.41, 5.74) is 5.96. The van der Waals surface area contributed by atoms with E-state index in [9.17, 15) is 0 Å². The fourth-order valence-corrected chi connectivity index (χ4v) is 2.88. The van der Waals surface area contributed by atoms with Gasteiger partial charge in [-0.2, -0.15) is 5.10 Å². The first-order valence-electron chi connectivity index (χ1n) is 6.14. The molecule has 3 rings (SSSR count). The lowest BCUT2D eigenvalue weighted by Gasteiger charge is -2.15. The summed E-state index contributed by atoms with van der Waals surface area (Å²) in [5.74, 6) is 0.796. The lowest BCUT2D eigenvalue weighted by atomic mass is 10.3. The Morgan fingerprint density at radius 2 is 2.25 bits per heavy atom. The van der Waals surface area contributed by atoms with Gasteiger partial charge in [0, 0.05) is 24.0 Å². The molecule has 0 fully saturated rings. The number of hydrogen-bond acceptors (Lipinski definition) is 3. The number of benzene rings is 1. The van der Waals surface area contributed by atoms with E-state index >= 15 is 0 Å². The minimum absolute atomic E-state index is 0.681. The van der Waals surface area contributed by atoms with Gasteiger partial charge in [0.2, 0.25) is 0 Å². The number of halogens is 1. The monoisotopic (exact) mass is 304 g/mol. The second-order valence-electron chi connectivity index (χ2n) is 4.36. The maximum absolute atomic E-state index is 5.94. The van der Waals surface area contributed by atoms with Crippen molar-refractivity contribution in [2.45, 2.75) is 0 Å². The molecule has 2 aromatic rings. The van der Waals surface area contributed by atoms with Crippen LogP contribution in [0.1, 0.15) is 5.69 Å². The first-order chi connectivity index (χ1) is 9.72. The number of aryl methyl sites for hydroxylation is 1. The Hall–Kier alpha value is -1.72. The molecule has 0 aliphatic carbocycles. The van der Waals surface area contributed by atoms with Gasteiger partial charge in [-0.25, -0.2) is 4.99 Å². The Bertz CT molecular complexity index is 690. The second-order valence-corrected chi connectivity index (χ2v) is 5.76. The summed E-state index contributed by atoms with van der Waals surface area (Å²) >= 11 is 7.57. The van der Waals surface area contributed by atoms with E-state index in [4.69, 9.17) is 11.6 Å². The van der Waals surface area contributed by atoms with Crippen molar-refractivity contribution < 1.29 is 0 Å². The molecule has 1 aliphatic rings. The Balaban J connectivity index is 1.78. The van der Waals surface area contributed by atoms with Crippen LogP contribution >= 0.6 is 23.4 Å². The van der Waals surface area contributed by atoms with E-state index < -0.39 is 0 Å². The van der Waals surface area contributed by atoms with Crippen LogP contribution in [0.3, 0.4) is 0 Å². The molecule has 1 aromatic carbocycles. The molecule has 1 N–H and O–H groups in total. The molecule has 1 aromatic heterocycles. The predicted octanol–water partition coefficient (Wildman–Crippen LogP) is 3.41. The first-order valence-corrected chi connectivity index (χ1v) is 7.50. The molecular weight excluding hydrogens is 292 g/mol. The molecule has 0 radical (unpaired) electrons.